The van der Waals surface area contributed by atoms with Crippen LogP contribution in [0.3, 0.4) is 0 Å². The average Bonchev–Trinajstić information content (AvgIpc) is 3.19. The Balaban J connectivity index is 1.85. The Morgan fingerprint density at radius 2 is 2.19 bits per heavy atom. The molecule has 1 aromatic heterocycles. The molecular weight excluding hydrogens is 282 g/mol. The Bertz CT molecular complexity index is 697. The largest absolute Gasteiger partial charge is 0.371 e. The smallest absolute Gasteiger partial charge is 0.295 e. The second kappa shape index (κ2) is 5.12. The van der Waals surface area contributed by atoms with Crippen molar-refractivity contribution in [2.45, 2.75) is 25.4 Å². The van der Waals surface area contributed by atoms with Gasteiger partial charge in [0.05, 0.1) is 23.5 Å². The van der Waals surface area contributed by atoms with Gasteiger partial charge in [-0.1, -0.05) is 0 Å². The molecule has 1 heterocycles. The number of nitro groups is 1. The van der Waals surface area contributed by atoms with Gasteiger partial charge in [0, 0.05) is 18.3 Å². The molecule has 21 heavy (non-hydrogen) atoms. The molecule has 1 fully saturated rings. The number of aromatic nitrogens is 2. The van der Waals surface area contributed by atoms with E-state index >= 15 is 0 Å². The fraction of sp³-hybridized carbons (Fsp3) is 0.308. The fourth-order valence-electron chi connectivity index (χ4n) is 2.19. The predicted molar refractivity (Wildman–Crippen MR) is 70.8 cm³/mol. The second-order valence-electron chi connectivity index (χ2n) is 4.89. The Morgan fingerprint density at radius 3 is 2.86 bits per heavy atom. The van der Waals surface area contributed by atoms with Gasteiger partial charge >= 0.3 is 0 Å². The second-order valence-corrected chi connectivity index (χ2v) is 4.89. The van der Waals surface area contributed by atoms with Crippen molar-refractivity contribution in [3.63, 3.8) is 0 Å². The first-order valence-electron chi connectivity index (χ1n) is 6.45. The number of nitrogens with zero attached hydrogens (tertiary/aromatic N) is 3. The molecule has 2 aromatic rings. The monoisotopic (exact) mass is 294 g/mol. The number of hydrogen-bond donors (Lipinski definition) is 1. The van der Waals surface area contributed by atoms with Crippen LogP contribution in [0.1, 0.15) is 24.6 Å². The summed E-state index contributed by atoms with van der Waals surface area (Å²) in [5, 5.41) is 13.5. The van der Waals surface area contributed by atoms with Crippen molar-refractivity contribution in [3.05, 3.63) is 52.1 Å². The number of nitro benzene ring substituents is 1. The zero-order valence-electron chi connectivity index (χ0n) is 10.9. The lowest BCUT2D eigenvalue weighted by Gasteiger charge is -2.10. The highest BCUT2D eigenvalue weighted by molar-refractivity contribution is 5.62. The van der Waals surface area contributed by atoms with Gasteiger partial charge in [0.15, 0.2) is 17.3 Å². The van der Waals surface area contributed by atoms with Crippen LogP contribution in [0.5, 0.6) is 0 Å². The molecule has 0 aliphatic heterocycles. The van der Waals surface area contributed by atoms with Gasteiger partial charge in [-0.05, 0) is 18.9 Å². The van der Waals surface area contributed by atoms with Crippen molar-refractivity contribution in [3.8, 4) is 0 Å². The van der Waals surface area contributed by atoms with E-state index in [0.29, 0.717) is 6.04 Å². The van der Waals surface area contributed by atoms with Crippen LogP contribution in [0.4, 0.5) is 20.2 Å². The highest BCUT2D eigenvalue weighted by Gasteiger charge is 2.26. The van der Waals surface area contributed by atoms with E-state index in [9.17, 15) is 18.9 Å². The van der Waals surface area contributed by atoms with Crippen molar-refractivity contribution >= 4 is 11.4 Å². The molecule has 0 spiro atoms. The van der Waals surface area contributed by atoms with Crippen LogP contribution in [0.2, 0.25) is 0 Å². The number of halogens is 2. The summed E-state index contributed by atoms with van der Waals surface area (Å²) in [7, 11) is 0. The van der Waals surface area contributed by atoms with Crippen molar-refractivity contribution in [1.82, 2.24) is 9.55 Å². The minimum absolute atomic E-state index is 0.137. The lowest BCUT2D eigenvalue weighted by Crippen LogP contribution is -2.09. The van der Waals surface area contributed by atoms with Gasteiger partial charge in [-0.25, -0.2) is 13.8 Å². The van der Waals surface area contributed by atoms with Gasteiger partial charge in [-0.2, -0.15) is 0 Å². The molecule has 0 bridgehead atoms. The SMILES string of the molecule is O=[N+]([O-])c1ccc(F)c(F)c1NCc1cncn1C1CC1. The minimum atomic E-state index is -1.25. The summed E-state index contributed by atoms with van der Waals surface area (Å²) >= 11 is 0. The van der Waals surface area contributed by atoms with E-state index in [1.54, 1.807) is 12.5 Å². The zero-order chi connectivity index (χ0) is 15.0. The first kappa shape index (κ1) is 13.5. The first-order chi connectivity index (χ1) is 10.1. The molecule has 1 aliphatic rings. The van der Waals surface area contributed by atoms with Gasteiger partial charge in [0.2, 0.25) is 0 Å². The molecule has 0 radical (unpaired) electrons. The lowest BCUT2D eigenvalue weighted by molar-refractivity contribution is -0.384. The van der Waals surface area contributed by atoms with E-state index in [1.165, 1.54) is 0 Å². The molecule has 110 valence electrons. The minimum Gasteiger partial charge on any atom is -0.371 e. The Kier molecular flexibility index (Phi) is 3.28. The van der Waals surface area contributed by atoms with Crippen molar-refractivity contribution in [1.29, 1.82) is 0 Å². The molecular formula is C13H12F2N4O2. The van der Waals surface area contributed by atoms with Crippen LogP contribution in [-0.2, 0) is 6.54 Å². The van der Waals surface area contributed by atoms with E-state index in [0.717, 1.165) is 30.7 Å². The summed E-state index contributed by atoms with van der Waals surface area (Å²) < 4.78 is 28.9. The summed E-state index contributed by atoms with van der Waals surface area (Å²) in [6.07, 6.45) is 5.38. The summed E-state index contributed by atoms with van der Waals surface area (Å²) in [6, 6.07) is 2.07. The van der Waals surface area contributed by atoms with Gasteiger partial charge < -0.3 is 9.88 Å². The van der Waals surface area contributed by atoms with Crippen molar-refractivity contribution in [2.24, 2.45) is 0 Å². The molecule has 0 unspecified atom stereocenters. The molecule has 3 rings (SSSR count). The number of benzene rings is 1. The average molecular weight is 294 g/mol. The highest BCUT2D eigenvalue weighted by atomic mass is 19.2. The molecule has 1 aromatic carbocycles. The maximum atomic E-state index is 13.8. The molecule has 1 aliphatic carbocycles. The Morgan fingerprint density at radius 1 is 1.43 bits per heavy atom. The number of hydrogen-bond acceptors (Lipinski definition) is 4. The first-order valence-corrected chi connectivity index (χ1v) is 6.45. The third-order valence-electron chi connectivity index (χ3n) is 3.40. The molecule has 0 amide bonds. The lowest BCUT2D eigenvalue weighted by atomic mass is 10.2. The van der Waals surface area contributed by atoms with Crippen LogP contribution >= 0.6 is 0 Å². The van der Waals surface area contributed by atoms with Gasteiger partial charge in [0.25, 0.3) is 5.69 Å². The summed E-state index contributed by atoms with van der Waals surface area (Å²) in [4.78, 5) is 14.2. The number of nitrogens with one attached hydrogen (secondary N) is 1. The summed E-state index contributed by atoms with van der Waals surface area (Å²) in [6.45, 7) is 0.137. The van der Waals surface area contributed by atoms with Crippen LogP contribution in [0.15, 0.2) is 24.7 Å². The third-order valence-corrected chi connectivity index (χ3v) is 3.40. The quantitative estimate of drug-likeness (QED) is 0.679. The standard InChI is InChI=1S/C13H12F2N4O2/c14-10-3-4-11(19(20)21)13(12(10)15)17-6-9-5-16-7-18(9)8-1-2-8/h3-5,7-8,17H,1-2,6H2. The van der Waals surface area contributed by atoms with Gasteiger partial charge in [0.1, 0.15) is 0 Å². The fourth-order valence-corrected chi connectivity index (χ4v) is 2.19. The van der Waals surface area contributed by atoms with E-state index in [-0.39, 0.29) is 6.54 Å². The van der Waals surface area contributed by atoms with Crippen molar-refractivity contribution < 1.29 is 13.7 Å². The van der Waals surface area contributed by atoms with Crippen LogP contribution in [0, 0.1) is 21.7 Å². The van der Waals surface area contributed by atoms with Crippen LogP contribution < -0.4 is 5.32 Å². The number of anilines is 1. The highest BCUT2D eigenvalue weighted by Crippen LogP contribution is 2.36. The molecule has 6 nitrogen and oxygen atoms in total. The Labute approximate surface area is 118 Å². The zero-order valence-corrected chi connectivity index (χ0v) is 10.9. The number of rotatable bonds is 5. The normalized spacial score (nSPS) is 14.2. The van der Waals surface area contributed by atoms with Gasteiger partial charge in [-0.15, -0.1) is 0 Å². The Hall–Kier alpha value is -2.51. The maximum absolute atomic E-state index is 13.8. The summed E-state index contributed by atoms with van der Waals surface area (Å²) in [5.74, 6) is -2.37. The third kappa shape index (κ3) is 2.56. The maximum Gasteiger partial charge on any atom is 0.295 e. The molecule has 1 saturated carbocycles. The molecule has 1 N–H and O–H groups in total. The van der Waals surface area contributed by atoms with Crippen LogP contribution in [-0.4, -0.2) is 14.5 Å². The van der Waals surface area contributed by atoms with E-state index in [2.05, 4.69) is 10.3 Å². The van der Waals surface area contributed by atoms with Crippen LogP contribution in [0.25, 0.3) is 0 Å². The topological polar surface area (TPSA) is 73.0 Å². The number of imidazole rings is 1. The molecule has 8 heteroatoms. The summed E-state index contributed by atoms with van der Waals surface area (Å²) in [5.41, 5.74) is -0.162. The van der Waals surface area contributed by atoms with E-state index in [1.807, 2.05) is 4.57 Å². The van der Waals surface area contributed by atoms with E-state index < -0.39 is 27.9 Å². The van der Waals surface area contributed by atoms with Crippen molar-refractivity contribution in [2.75, 3.05) is 5.32 Å². The molecule has 0 atom stereocenters. The van der Waals surface area contributed by atoms with Gasteiger partial charge in [-0.3, -0.25) is 10.1 Å². The molecule has 0 saturated heterocycles. The predicted octanol–water partition coefficient (Wildman–Crippen LogP) is 3.02. The van der Waals surface area contributed by atoms with E-state index in [4.69, 9.17) is 0 Å².